The number of aliphatic hydroxyl groups is 1. The summed E-state index contributed by atoms with van der Waals surface area (Å²) in [6, 6.07) is 7.71. The molecule has 1 atom stereocenters. The number of hydrogen-bond donors (Lipinski definition) is 2. The molecule has 0 saturated heterocycles. The number of hydrogen-bond acceptors (Lipinski definition) is 2. The maximum Gasteiger partial charge on any atom is 0.227 e. The predicted octanol–water partition coefficient (Wildman–Crippen LogP) is 3.22. The summed E-state index contributed by atoms with van der Waals surface area (Å²) in [6.07, 6.45) is 1.27. The van der Waals surface area contributed by atoms with E-state index in [9.17, 15) is 9.90 Å². The van der Waals surface area contributed by atoms with Crippen LogP contribution in [0.2, 0.25) is 0 Å². The normalized spacial score (nSPS) is 13.1. The van der Waals surface area contributed by atoms with E-state index in [1.54, 1.807) is 0 Å². The van der Waals surface area contributed by atoms with E-state index in [2.05, 4.69) is 21.2 Å². The van der Waals surface area contributed by atoms with Gasteiger partial charge in [-0.05, 0) is 37.5 Å². The maximum atomic E-state index is 12.1. The van der Waals surface area contributed by atoms with Crippen molar-refractivity contribution in [3.05, 3.63) is 34.3 Å². The zero-order valence-corrected chi connectivity index (χ0v) is 13.3. The Bertz CT molecular complexity index is 413. The number of nitrogens with one attached hydrogen (secondary N) is 1. The molecule has 0 aliphatic rings. The molecule has 0 spiro atoms. The molecule has 3 nitrogen and oxygen atoms in total. The van der Waals surface area contributed by atoms with Gasteiger partial charge in [0.25, 0.3) is 0 Å². The number of carbonyl (C=O) groups excluding carboxylic acids is 1. The van der Waals surface area contributed by atoms with E-state index in [-0.39, 0.29) is 11.8 Å². The van der Waals surface area contributed by atoms with Gasteiger partial charge in [0, 0.05) is 11.0 Å². The van der Waals surface area contributed by atoms with Crippen molar-refractivity contribution in [3.8, 4) is 0 Å². The zero-order chi connectivity index (χ0) is 14.5. The van der Waals surface area contributed by atoms with Gasteiger partial charge in [0.2, 0.25) is 5.91 Å². The molecule has 0 aromatic heterocycles. The summed E-state index contributed by atoms with van der Waals surface area (Å²) in [5.41, 5.74) is 0.173. The number of halogens is 1. The third-order valence-corrected chi connectivity index (χ3v) is 4.20. The lowest BCUT2D eigenvalue weighted by atomic mass is 9.96. The largest absolute Gasteiger partial charge is 0.388 e. The molecule has 0 saturated carbocycles. The summed E-state index contributed by atoms with van der Waals surface area (Å²) in [4.78, 5) is 12.1. The first-order chi connectivity index (χ1) is 8.91. The highest BCUT2D eigenvalue weighted by Gasteiger charge is 2.24. The summed E-state index contributed by atoms with van der Waals surface area (Å²) in [7, 11) is 0. The van der Waals surface area contributed by atoms with Crippen LogP contribution >= 0.6 is 15.9 Å². The molecule has 1 amide bonds. The Kier molecular flexibility index (Phi) is 6.01. The highest BCUT2D eigenvalue weighted by molar-refractivity contribution is 9.10. The summed E-state index contributed by atoms with van der Waals surface area (Å²) in [5, 5.41) is 13.0. The molecule has 1 rings (SSSR count). The van der Waals surface area contributed by atoms with Crippen LogP contribution in [0.25, 0.3) is 0 Å². The van der Waals surface area contributed by atoms with Gasteiger partial charge in [-0.3, -0.25) is 4.79 Å². The van der Waals surface area contributed by atoms with Gasteiger partial charge in [-0.1, -0.05) is 41.9 Å². The molecule has 0 bridgehead atoms. The Balaban J connectivity index is 2.61. The maximum absolute atomic E-state index is 12.1. The van der Waals surface area contributed by atoms with E-state index in [0.29, 0.717) is 19.4 Å². The minimum atomic E-state index is -0.797. The lowest BCUT2D eigenvalue weighted by molar-refractivity contribution is -0.123. The predicted molar refractivity (Wildman–Crippen MR) is 81.1 cm³/mol. The van der Waals surface area contributed by atoms with Crippen LogP contribution in [0.15, 0.2) is 28.7 Å². The quantitative estimate of drug-likeness (QED) is 0.842. The number of benzene rings is 1. The van der Waals surface area contributed by atoms with Crippen molar-refractivity contribution in [2.75, 3.05) is 6.54 Å². The molecule has 0 aliphatic heterocycles. The molecule has 0 radical (unpaired) electrons. The molecule has 0 fully saturated rings. The molecule has 1 aromatic rings. The average Bonchev–Trinajstić information content (AvgIpc) is 2.44. The van der Waals surface area contributed by atoms with Crippen molar-refractivity contribution in [1.29, 1.82) is 0 Å². The van der Waals surface area contributed by atoms with Gasteiger partial charge >= 0.3 is 0 Å². The Morgan fingerprint density at radius 3 is 2.32 bits per heavy atom. The van der Waals surface area contributed by atoms with E-state index in [0.717, 1.165) is 10.0 Å². The summed E-state index contributed by atoms with van der Waals surface area (Å²) < 4.78 is 0.996. The van der Waals surface area contributed by atoms with Crippen LogP contribution in [0, 0.1) is 0 Å². The van der Waals surface area contributed by atoms with Gasteiger partial charge in [0.1, 0.15) is 0 Å². The number of carbonyl (C=O) groups is 1. The standard InChI is InChI=1S/C15H22BrNO2/c1-4-15(19,5-2)10-17-14(18)11(3)12-6-8-13(16)9-7-12/h6-9,11,19H,4-5,10H2,1-3H3,(H,17,18). The number of amides is 1. The van der Waals surface area contributed by atoms with Crippen LogP contribution < -0.4 is 5.32 Å². The minimum Gasteiger partial charge on any atom is -0.388 e. The van der Waals surface area contributed by atoms with Crippen molar-refractivity contribution >= 4 is 21.8 Å². The first-order valence-electron chi connectivity index (χ1n) is 6.67. The molecule has 19 heavy (non-hydrogen) atoms. The van der Waals surface area contributed by atoms with Gasteiger partial charge in [0.05, 0.1) is 11.5 Å². The SMILES string of the molecule is CCC(O)(CC)CNC(=O)C(C)c1ccc(Br)cc1. The Labute approximate surface area is 123 Å². The molecule has 1 unspecified atom stereocenters. The second-order valence-electron chi connectivity index (χ2n) is 4.92. The van der Waals surface area contributed by atoms with Gasteiger partial charge in [-0.25, -0.2) is 0 Å². The highest BCUT2D eigenvalue weighted by atomic mass is 79.9. The van der Waals surface area contributed by atoms with E-state index in [1.807, 2.05) is 45.0 Å². The van der Waals surface area contributed by atoms with Crippen LogP contribution in [-0.2, 0) is 4.79 Å². The van der Waals surface area contributed by atoms with E-state index in [1.165, 1.54) is 0 Å². The van der Waals surface area contributed by atoms with Gasteiger partial charge in [-0.2, -0.15) is 0 Å². The summed E-state index contributed by atoms with van der Waals surface area (Å²) in [6.45, 7) is 6.02. The second-order valence-corrected chi connectivity index (χ2v) is 5.84. The van der Waals surface area contributed by atoms with Crippen molar-refractivity contribution in [2.45, 2.75) is 45.1 Å². The van der Waals surface area contributed by atoms with Crippen molar-refractivity contribution in [2.24, 2.45) is 0 Å². The van der Waals surface area contributed by atoms with Gasteiger partial charge in [0.15, 0.2) is 0 Å². The van der Waals surface area contributed by atoms with Crippen molar-refractivity contribution < 1.29 is 9.90 Å². The van der Waals surface area contributed by atoms with Crippen molar-refractivity contribution in [1.82, 2.24) is 5.32 Å². The third-order valence-electron chi connectivity index (χ3n) is 3.67. The summed E-state index contributed by atoms with van der Waals surface area (Å²) in [5.74, 6) is -0.270. The van der Waals surface area contributed by atoms with Crippen LogP contribution in [0.3, 0.4) is 0 Å². The summed E-state index contributed by atoms with van der Waals surface area (Å²) >= 11 is 3.37. The smallest absolute Gasteiger partial charge is 0.227 e. The molecule has 4 heteroatoms. The first kappa shape index (κ1) is 16.2. The molecule has 0 aliphatic carbocycles. The van der Waals surface area contributed by atoms with Crippen LogP contribution in [0.5, 0.6) is 0 Å². The Morgan fingerprint density at radius 2 is 1.84 bits per heavy atom. The van der Waals surface area contributed by atoms with E-state index < -0.39 is 5.60 Å². The molecule has 0 heterocycles. The fraction of sp³-hybridized carbons (Fsp3) is 0.533. The topological polar surface area (TPSA) is 49.3 Å². The van der Waals surface area contributed by atoms with Crippen LogP contribution in [0.1, 0.15) is 45.1 Å². The number of rotatable bonds is 6. The van der Waals surface area contributed by atoms with Crippen molar-refractivity contribution in [3.63, 3.8) is 0 Å². The van der Waals surface area contributed by atoms with Crippen LogP contribution in [0.4, 0.5) is 0 Å². The minimum absolute atomic E-state index is 0.0531. The Hall–Kier alpha value is -0.870. The highest BCUT2D eigenvalue weighted by Crippen LogP contribution is 2.19. The third kappa shape index (κ3) is 4.62. The molecular weight excluding hydrogens is 306 g/mol. The fourth-order valence-electron chi connectivity index (χ4n) is 1.81. The fourth-order valence-corrected chi connectivity index (χ4v) is 2.07. The first-order valence-corrected chi connectivity index (χ1v) is 7.46. The second kappa shape index (κ2) is 7.06. The Morgan fingerprint density at radius 1 is 1.32 bits per heavy atom. The lowest BCUT2D eigenvalue weighted by Gasteiger charge is -2.26. The van der Waals surface area contributed by atoms with Crippen LogP contribution in [-0.4, -0.2) is 23.2 Å². The van der Waals surface area contributed by atoms with Gasteiger partial charge < -0.3 is 10.4 Å². The average molecular weight is 328 g/mol. The molecular formula is C15H22BrNO2. The lowest BCUT2D eigenvalue weighted by Crippen LogP contribution is -2.43. The molecule has 106 valence electrons. The zero-order valence-electron chi connectivity index (χ0n) is 11.7. The molecule has 1 aromatic carbocycles. The van der Waals surface area contributed by atoms with E-state index in [4.69, 9.17) is 0 Å². The van der Waals surface area contributed by atoms with E-state index >= 15 is 0 Å². The monoisotopic (exact) mass is 327 g/mol. The van der Waals surface area contributed by atoms with Gasteiger partial charge in [-0.15, -0.1) is 0 Å². The molecule has 2 N–H and O–H groups in total.